The fraction of sp³-hybridized carbons (Fsp3) is 0.235. The first-order valence-electron chi connectivity index (χ1n) is 7.18. The number of aliphatic imine (C=N–C) groups is 1. The summed E-state index contributed by atoms with van der Waals surface area (Å²) in [5, 5.41) is 0. The van der Waals surface area contributed by atoms with E-state index in [2.05, 4.69) is 28.6 Å². The maximum atomic E-state index is 5.88. The summed E-state index contributed by atoms with van der Waals surface area (Å²) in [6.45, 7) is 1.38. The Morgan fingerprint density at radius 3 is 2.81 bits per heavy atom. The molecule has 0 amide bonds. The Kier molecular flexibility index (Phi) is 4.17. The van der Waals surface area contributed by atoms with Crippen molar-refractivity contribution in [3.05, 3.63) is 65.2 Å². The van der Waals surface area contributed by atoms with Gasteiger partial charge in [0.2, 0.25) is 0 Å². The molecule has 3 N–H and O–H groups in total. The predicted octanol–water partition coefficient (Wildman–Crippen LogP) is 2.42. The number of fused-ring (bicyclic) bond motifs is 1. The van der Waals surface area contributed by atoms with Crippen LogP contribution in [0.5, 0.6) is 5.75 Å². The molecular formula is C17H19N3O. The van der Waals surface area contributed by atoms with Crippen LogP contribution in [0, 0.1) is 0 Å². The summed E-state index contributed by atoms with van der Waals surface area (Å²) in [7, 11) is 0. The van der Waals surface area contributed by atoms with Gasteiger partial charge in [0.15, 0.2) is 0 Å². The Balaban J connectivity index is 1.77. The third-order valence-corrected chi connectivity index (χ3v) is 3.59. The Morgan fingerprint density at radius 2 is 2.00 bits per heavy atom. The molecule has 0 saturated carbocycles. The fourth-order valence-electron chi connectivity index (χ4n) is 2.51. The van der Waals surface area contributed by atoms with Crippen LogP contribution in [0.3, 0.4) is 0 Å². The summed E-state index contributed by atoms with van der Waals surface area (Å²) in [6, 6.07) is 16.3. The van der Waals surface area contributed by atoms with E-state index in [0.717, 1.165) is 36.5 Å². The van der Waals surface area contributed by atoms with Crippen LogP contribution >= 0.6 is 0 Å². The van der Waals surface area contributed by atoms with Gasteiger partial charge in [-0.2, -0.15) is 0 Å². The summed E-state index contributed by atoms with van der Waals surface area (Å²) >= 11 is 0. The molecule has 0 aromatic heterocycles. The molecule has 21 heavy (non-hydrogen) atoms. The molecule has 1 aliphatic rings. The van der Waals surface area contributed by atoms with Gasteiger partial charge in [0.1, 0.15) is 18.2 Å². The number of benzene rings is 2. The summed E-state index contributed by atoms with van der Waals surface area (Å²) in [6.07, 6.45) is 2.02. The van der Waals surface area contributed by atoms with Crippen molar-refractivity contribution in [1.29, 1.82) is 0 Å². The Bertz CT molecular complexity index is 638. The van der Waals surface area contributed by atoms with Gasteiger partial charge in [0.05, 0.1) is 0 Å². The minimum absolute atomic E-state index is 0.579. The Labute approximate surface area is 124 Å². The van der Waals surface area contributed by atoms with Crippen LogP contribution in [0.25, 0.3) is 0 Å². The second-order valence-corrected chi connectivity index (χ2v) is 5.07. The van der Waals surface area contributed by atoms with Crippen molar-refractivity contribution in [3.8, 4) is 5.75 Å². The van der Waals surface area contributed by atoms with E-state index >= 15 is 0 Å². The number of nitrogens with zero attached hydrogens (tertiary/aromatic N) is 1. The van der Waals surface area contributed by atoms with Crippen LogP contribution in [0.1, 0.15) is 23.1 Å². The predicted molar refractivity (Wildman–Crippen MR) is 84.3 cm³/mol. The molecule has 108 valence electrons. The van der Waals surface area contributed by atoms with Gasteiger partial charge in [-0.1, -0.05) is 30.3 Å². The highest BCUT2D eigenvalue weighted by atomic mass is 16.5. The number of hydrogen-bond donors (Lipinski definition) is 2. The van der Waals surface area contributed by atoms with Crippen molar-refractivity contribution in [2.45, 2.75) is 19.4 Å². The maximum Gasteiger partial charge on any atom is 0.142 e. The zero-order valence-corrected chi connectivity index (χ0v) is 11.9. The van der Waals surface area contributed by atoms with Crippen molar-refractivity contribution in [2.75, 3.05) is 6.54 Å². The van der Waals surface area contributed by atoms with Crippen LogP contribution in [0.2, 0.25) is 0 Å². The lowest BCUT2D eigenvalue weighted by Crippen LogP contribution is -2.31. The quantitative estimate of drug-likeness (QED) is 0.671. The summed E-state index contributed by atoms with van der Waals surface area (Å²) in [5.74, 6) is 7.19. The first kappa shape index (κ1) is 13.6. The molecule has 2 aromatic rings. The number of nitrogens with one attached hydrogen (secondary N) is 1. The lowest BCUT2D eigenvalue weighted by atomic mass is 10.0. The van der Waals surface area contributed by atoms with Gasteiger partial charge in [0.25, 0.3) is 0 Å². The van der Waals surface area contributed by atoms with Gasteiger partial charge < -0.3 is 10.2 Å². The summed E-state index contributed by atoms with van der Waals surface area (Å²) < 4.78 is 5.88. The monoisotopic (exact) mass is 281 g/mol. The van der Waals surface area contributed by atoms with E-state index < -0.39 is 0 Å². The van der Waals surface area contributed by atoms with Gasteiger partial charge in [-0.05, 0) is 42.2 Å². The highest BCUT2D eigenvalue weighted by Gasteiger charge is 2.12. The molecular weight excluding hydrogens is 262 g/mol. The Morgan fingerprint density at radius 1 is 1.14 bits per heavy atom. The molecule has 3 rings (SSSR count). The largest absolute Gasteiger partial charge is 0.489 e. The van der Waals surface area contributed by atoms with Crippen LogP contribution < -0.4 is 16.0 Å². The Hall–Kier alpha value is -2.33. The SMILES string of the molecule is NNC1=NCCCc2cc(OCc3ccccc3)ccc21. The zero-order valence-electron chi connectivity index (χ0n) is 11.9. The molecule has 0 spiro atoms. The lowest BCUT2D eigenvalue weighted by Gasteiger charge is -2.12. The average Bonchev–Trinajstić information content (AvgIpc) is 2.75. The van der Waals surface area contributed by atoms with E-state index in [1.807, 2.05) is 30.3 Å². The number of hydrogen-bond acceptors (Lipinski definition) is 4. The van der Waals surface area contributed by atoms with Crippen molar-refractivity contribution in [2.24, 2.45) is 10.8 Å². The zero-order chi connectivity index (χ0) is 14.5. The molecule has 1 heterocycles. The highest BCUT2D eigenvalue weighted by Crippen LogP contribution is 2.22. The van der Waals surface area contributed by atoms with Crippen molar-refractivity contribution < 1.29 is 4.74 Å². The van der Waals surface area contributed by atoms with E-state index in [1.54, 1.807) is 0 Å². The number of amidine groups is 1. The fourth-order valence-corrected chi connectivity index (χ4v) is 2.51. The highest BCUT2D eigenvalue weighted by molar-refractivity contribution is 6.00. The molecule has 0 saturated heterocycles. The summed E-state index contributed by atoms with van der Waals surface area (Å²) in [4.78, 5) is 4.45. The van der Waals surface area contributed by atoms with E-state index in [0.29, 0.717) is 6.61 Å². The van der Waals surface area contributed by atoms with E-state index in [9.17, 15) is 0 Å². The molecule has 0 aliphatic carbocycles. The molecule has 4 nitrogen and oxygen atoms in total. The van der Waals surface area contributed by atoms with Gasteiger partial charge >= 0.3 is 0 Å². The minimum Gasteiger partial charge on any atom is -0.489 e. The molecule has 0 unspecified atom stereocenters. The molecule has 1 aliphatic heterocycles. The van der Waals surface area contributed by atoms with Gasteiger partial charge in [-0.25, -0.2) is 5.84 Å². The molecule has 0 fully saturated rings. The topological polar surface area (TPSA) is 59.6 Å². The third-order valence-electron chi connectivity index (χ3n) is 3.59. The number of aryl methyl sites for hydroxylation is 1. The normalized spacial score (nSPS) is 13.9. The lowest BCUT2D eigenvalue weighted by molar-refractivity contribution is 0.306. The van der Waals surface area contributed by atoms with Gasteiger partial charge in [-0.3, -0.25) is 4.99 Å². The number of nitrogens with two attached hydrogens (primary N) is 1. The molecule has 0 bridgehead atoms. The number of hydrazine groups is 1. The second-order valence-electron chi connectivity index (χ2n) is 5.07. The maximum absolute atomic E-state index is 5.88. The smallest absolute Gasteiger partial charge is 0.142 e. The standard InChI is InChI=1S/C17H19N3O/c18-20-17-16-9-8-15(11-14(16)7-4-10-19-17)21-12-13-5-2-1-3-6-13/h1-3,5-6,8-9,11H,4,7,10,12,18H2,(H,19,20). The van der Waals surface area contributed by atoms with Crippen molar-refractivity contribution >= 4 is 5.84 Å². The average molecular weight is 281 g/mol. The van der Waals surface area contributed by atoms with Crippen molar-refractivity contribution in [1.82, 2.24) is 5.43 Å². The van der Waals surface area contributed by atoms with Gasteiger partial charge in [-0.15, -0.1) is 0 Å². The van der Waals surface area contributed by atoms with E-state index in [4.69, 9.17) is 10.6 Å². The summed E-state index contributed by atoms with van der Waals surface area (Å²) in [5.41, 5.74) is 6.15. The van der Waals surface area contributed by atoms with Crippen LogP contribution in [-0.4, -0.2) is 12.4 Å². The van der Waals surface area contributed by atoms with E-state index in [1.165, 1.54) is 11.1 Å². The minimum atomic E-state index is 0.579. The van der Waals surface area contributed by atoms with E-state index in [-0.39, 0.29) is 0 Å². The molecule has 0 radical (unpaired) electrons. The molecule has 4 heteroatoms. The first-order chi connectivity index (χ1) is 10.4. The number of ether oxygens (including phenoxy) is 1. The third kappa shape index (κ3) is 3.23. The van der Waals surface area contributed by atoms with Crippen LogP contribution in [-0.2, 0) is 13.0 Å². The molecule has 2 aromatic carbocycles. The number of rotatable bonds is 3. The first-order valence-corrected chi connectivity index (χ1v) is 7.18. The second kappa shape index (κ2) is 6.41. The molecule has 0 atom stereocenters. The van der Waals surface area contributed by atoms with Crippen LogP contribution in [0.15, 0.2) is 53.5 Å². The van der Waals surface area contributed by atoms with Gasteiger partial charge in [0, 0.05) is 12.1 Å². The van der Waals surface area contributed by atoms with Crippen LogP contribution in [0.4, 0.5) is 0 Å². The van der Waals surface area contributed by atoms with Crippen molar-refractivity contribution in [3.63, 3.8) is 0 Å².